The smallest absolute Gasteiger partial charge is 0.225 e. The summed E-state index contributed by atoms with van der Waals surface area (Å²) in [6.45, 7) is 8.35. The molecule has 1 N–H and O–H groups in total. The Kier molecular flexibility index (Phi) is 7.90. The second-order valence-corrected chi connectivity index (χ2v) is 6.29. The average molecular weight is 393 g/mol. The number of tetrazole rings is 1. The van der Waals surface area contributed by atoms with Gasteiger partial charge in [-0.15, -0.1) is 24.1 Å². The summed E-state index contributed by atoms with van der Waals surface area (Å²) in [5.41, 5.74) is 1.87. The normalized spacial score (nSPS) is 17.6. The largest absolute Gasteiger partial charge is 0.378 e. The fourth-order valence-corrected chi connectivity index (χ4v) is 3.08. The Bertz CT molecular complexity index is 733. The van der Waals surface area contributed by atoms with Crippen LogP contribution in [0.2, 0.25) is 0 Å². The van der Waals surface area contributed by atoms with Gasteiger partial charge in [-0.2, -0.15) is 0 Å². The van der Waals surface area contributed by atoms with Crippen molar-refractivity contribution in [2.24, 2.45) is 0 Å². The van der Waals surface area contributed by atoms with Crippen LogP contribution in [-0.4, -0.2) is 63.4 Å². The zero-order valence-electron chi connectivity index (χ0n) is 15.3. The zero-order valence-corrected chi connectivity index (χ0v) is 16.1. The summed E-state index contributed by atoms with van der Waals surface area (Å²) < 4.78 is 7.05. The van der Waals surface area contributed by atoms with Crippen molar-refractivity contribution in [3.63, 3.8) is 0 Å². The van der Waals surface area contributed by atoms with E-state index in [4.69, 9.17) is 4.74 Å². The number of halogens is 1. The first-order chi connectivity index (χ1) is 12.7. The van der Waals surface area contributed by atoms with Crippen molar-refractivity contribution < 1.29 is 9.53 Å². The number of morpholine rings is 1. The molecular weight excluding hydrogens is 368 g/mol. The Labute approximate surface area is 165 Å². The molecule has 0 aliphatic carbocycles. The monoisotopic (exact) mass is 392 g/mol. The molecule has 1 saturated heterocycles. The highest BCUT2D eigenvalue weighted by atomic mass is 35.5. The molecule has 3 rings (SSSR count). The third-order valence-electron chi connectivity index (χ3n) is 4.50. The van der Waals surface area contributed by atoms with Gasteiger partial charge in [0.25, 0.3) is 0 Å². The van der Waals surface area contributed by atoms with E-state index in [2.05, 4.69) is 27.4 Å². The Morgan fingerprint density at radius 1 is 1.56 bits per heavy atom. The lowest BCUT2D eigenvalue weighted by Gasteiger charge is -2.31. The molecule has 1 amide bonds. The first kappa shape index (κ1) is 21.0. The zero-order chi connectivity index (χ0) is 18.4. The van der Waals surface area contributed by atoms with Crippen LogP contribution >= 0.6 is 12.4 Å². The van der Waals surface area contributed by atoms with Crippen molar-refractivity contribution in [3.05, 3.63) is 48.8 Å². The van der Waals surface area contributed by atoms with E-state index in [1.165, 1.54) is 0 Å². The number of rotatable bonds is 7. The van der Waals surface area contributed by atoms with Gasteiger partial charge in [-0.05, 0) is 35.0 Å². The summed E-state index contributed by atoms with van der Waals surface area (Å²) in [5, 5.41) is 14.6. The van der Waals surface area contributed by atoms with Crippen molar-refractivity contribution in [1.29, 1.82) is 0 Å². The van der Waals surface area contributed by atoms with Crippen molar-refractivity contribution in [2.75, 3.05) is 26.3 Å². The van der Waals surface area contributed by atoms with Gasteiger partial charge in [-0.1, -0.05) is 18.2 Å². The van der Waals surface area contributed by atoms with Crippen LogP contribution in [0.15, 0.2) is 43.2 Å². The summed E-state index contributed by atoms with van der Waals surface area (Å²) in [7, 11) is 0. The average Bonchev–Trinajstić information content (AvgIpc) is 3.21. The highest BCUT2D eigenvalue weighted by Crippen LogP contribution is 2.23. The Morgan fingerprint density at radius 3 is 3.07 bits per heavy atom. The highest BCUT2D eigenvalue weighted by molar-refractivity contribution is 5.85. The lowest BCUT2D eigenvalue weighted by Crippen LogP contribution is -2.45. The lowest BCUT2D eigenvalue weighted by atomic mass is 10.0. The molecule has 0 saturated carbocycles. The molecule has 1 aromatic carbocycles. The molecule has 2 unspecified atom stereocenters. The molecule has 1 fully saturated rings. The summed E-state index contributed by atoms with van der Waals surface area (Å²) in [4.78, 5) is 14.7. The Morgan fingerprint density at radius 2 is 2.41 bits per heavy atom. The maximum absolute atomic E-state index is 12.9. The minimum atomic E-state index is -0.0959. The van der Waals surface area contributed by atoms with Crippen molar-refractivity contribution in [3.8, 4) is 5.69 Å². The number of amides is 1. The van der Waals surface area contributed by atoms with Gasteiger partial charge in [-0.25, -0.2) is 4.68 Å². The van der Waals surface area contributed by atoms with Crippen LogP contribution < -0.4 is 5.32 Å². The van der Waals surface area contributed by atoms with Gasteiger partial charge in [0.05, 0.1) is 24.9 Å². The predicted molar refractivity (Wildman–Crippen MR) is 104 cm³/mol. The first-order valence-corrected chi connectivity index (χ1v) is 8.74. The highest BCUT2D eigenvalue weighted by Gasteiger charge is 2.24. The van der Waals surface area contributed by atoms with Crippen LogP contribution in [0.3, 0.4) is 0 Å². The minimum absolute atomic E-state index is 0. The molecule has 27 heavy (non-hydrogen) atoms. The molecule has 2 heterocycles. The number of benzene rings is 1. The summed E-state index contributed by atoms with van der Waals surface area (Å²) in [6.07, 6.45) is 3.71. The van der Waals surface area contributed by atoms with Crippen molar-refractivity contribution in [1.82, 2.24) is 30.4 Å². The van der Waals surface area contributed by atoms with Gasteiger partial charge in [-0.3, -0.25) is 4.79 Å². The molecule has 0 bridgehead atoms. The van der Waals surface area contributed by atoms with E-state index < -0.39 is 0 Å². The van der Waals surface area contributed by atoms with Crippen LogP contribution in [0.25, 0.3) is 5.69 Å². The Hall–Kier alpha value is -2.29. The van der Waals surface area contributed by atoms with Gasteiger partial charge in [0.15, 0.2) is 0 Å². The maximum Gasteiger partial charge on any atom is 0.225 e. The third-order valence-corrected chi connectivity index (χ3v) is 4.50. The van der Waals surface area contributed by atoms with E-state index in [9.17, 15) is 4.79 Å². The Balaban J connectivity index is 0.00000261. The van der Waals surface area contributed by atoms with Gasteiger partial charge in [0, 0.05) is 25.6 Å². The number of nitrogens with zero attached hydrogens (tertiary/aromatic N) is 5. The quantitative estimate of drug-likeness (QED) is 0.719. The number of hydrogen-bond donors (Lipinski definition) is 1. The first-order valence-electron chi connectivity index (χ1n) is 8.74. The number of carbonyl (C=O) groups is 1. The van der Waals surface area contributed by atoms with E-state index in [-0.39, 0.29) is 30.4 Å². The van der Waals surface area contributed by atoms with Crippen molar-refractivity contribution in [2.45, 2.75) is 25.4 Å². The number of ether oxygens (including phenoxy) is 1. The standard InChI is InChI=1S/C18H24N6O2.ClH/c1-3-8-23(18(25)11-16-12-26-9-7-19-16)14(2)15-5-4-6-17(10-15)24-13-20-21-22-24;/h3-6,10,13-14,16,19H,1,7-9,11-12H2,2H3;1H. The molecule has 2 atom stereocenters. The minimum Gasteiger partial charge on any atom is -0.378 e. The van der Waals surface area contributed by atoms with E-state index in [0.29, 0.717) is 26.2 Å². The SMILES string of the molecule is C=CCN(C(=O)CC1COCCN1)C(C)c1cccc(-n2cnnn2)c1.Cl. The van der Waals surface area contributed by atoms with Crippen LogP contribution in [0.5, 0.6) is 0 Å². The molecule has 2 aromatic rings. The predicted octanol–water partition coefficient (Wildman–Crippen LogP) is 1.54. The summed E-state index contributed by atoms with van der Waals surface area (Å²) in [6, 6.07) is 7.83. The molecule has 8 nitrogen and oxygen atoms in total. The fourth-order valence-electron chi connectivity index (χ4n) is 3.08. The van der Waals surface area contributed by atoms with E-state index >= 15 is 0 Å². The molecular formula is C18H25ClN6O2. The summed E-state index contributed by atoms with van der Waals surface area (Å²) >= 11 is 0. The van der Waals surface area contributed by atoms with Gasteiger partial charge in [0.2, 0.25) is 5.91 Å². The molecule has 1 aliphatic rings. The molecule has 146 valence electrons. The molecule has 1 aliphatic heterocycles. The van der Waals surface area contributed by atoms with E-state index in [1.54, 1.807) is 17.1 Å². The number of hydrogen-bond acceptors (Lipinski definition) is 6. The fraction of sp³-hybridized carbons (Fsp3) is 0.444. The van der Waals surface area contributed by atoms with E-state index in [1.807, 2.05) is 36.1 Å². The molecule has 1 aromatic heterocycles. The van der Waals surface area contributed by atoms with Gasteiger partial charge >= 0.3 is 0 Å². The van der Waals surface area contributed by atoms with Gasteiger partial charge < -0.3 is 15.0 Å². The van der Waals surface area contributed by atoms with Crippen LogP contribution in [0.1, 0.15) is 24.9 Å². The molecule has 0 spiro atoms. The van der Waals surface area contributed by atoms with E-state index in [0.717, 1.165) is 17.8 Å². The molecule has 0 radical (unpaired) electrons. The van der Waals surface area contributed by atoms with Crippen molar-refractivity contribution >= 4 is 18.3 Å². The molecule has 9 heteroatoms. The maximum atomic E-state index is 12.9. The number of nitrogens with one attached hydrogen (secondary N) is 1. The number of carbonyl (C=O) groups excluding carboxylic acids is 1. The topological polar surface area (TPSA) is 85.2 Å². The van der Waals surface area contributed by atoms with Crippen LogP contribution in [0.4, 0.5) is 0 Å². The van der Waals surface area contributed by atoms with Crippen LogP contribution in [0, 0.1) is 0 Å². The van der Waals surface area contributed by atoms with Crippen LogP contribution in [-0.2, 0) is 9.53 Å². The second kappa shape index (κ2) is 10.1. The third kappa shape index (κ3) is 5.35. The lowest BCUT2D eigenvalue weighted by molar-refractivity contribution is -0.134. The summed E-state index contributed by atoms with van der Waals surface area (Å²) in [5.74, 6) is 0.0771. The number of aromatic nitrogens is 4. The second-order valence-electron chi connectivity index (χ2n) is 6.29. The van der Waals surface area contributed by atoms with Gasteiger partial charge in [0.1, 0.15) is 6.33 Å².